The smallest absolute Gasteiger partial charge is 0.419 e. The topological polar surface area (TPSA) is 81.7 Å². The summed E-state index contributed by atoms with van der Waals surface area (Å²) in [6.07, 6.45) is 0.460. The minimum absolute atomic E-state index is 0.1000. The summed E-state index contributed by atoms with van der Waals surface area (Å²) in [6, 6.07) is 11.9. The van der Waals surface area contributed by atoms with E-state index in [1.54, 1.807) is 24.3 Å². The van der Waals surface area contributed by atoms with Crippen molar-refractivity contribution in [1.82, 2.24) is 4.57 Å². The Labute approximate surface area is 137 Å². The van der Waals surface area contributed by atoms with E-state index in [1.165, 1.54) is 16.7 Å². The number of esters is 1. The highest BCUT2D eigenvalue weighted by Gasteiger charge is 2.13. The minimum atomic E-state index is -0.586. The first-order valence-electron chi connectivity index (χ1n) is 7.61. The number of aromatic nitrogens is 1. The zero-order valence-corrected chi connectivity index (χ0v) is 13.2. The lowest BCUT2D eigenvalue weighted by Gasteiger charge is -2.07. The lowest BCUT2D eigenvalue weighted by Crippen LogP contribution is -2.16. The molecule has 3 aromatic rings. The largest absolute Gasteiger partial charge is 0.507 e. The van der Waals surface area contributed by atoms with Gasteiger partial charge in [0.25, 0.3) is 0 Å². The molecule has 0 aliphatic carbocycles. The van der Waals surface area contributed by atoms with Crippen LogP contribution in [0, 0.1) is 6.92 Å². The average Bonchev–Trinajstić information content (AvgIpc) is 2.87. The first-order chi connectivity index (χ1) is 11.6. The van der Waals surface area contributed by atoms with Gasteiger partial charge in [-0.3, -0.25) is 4.57 Å². The van der Waals surface area contributed by atoms with E-state index in [0.717, 1.165) is 5.56 Å². The molecule has 2 aromatic carbocycles. The van der Waals surface area contributed by atoms with E-state index in [9.17, 15) is 14.7 Å². The van der Waals surface area contributed by atoms with Gasteiger partial charge >= 0.3 is 11.7 Å². The molecular weight excluding hydrogens is 310 g/mol. The van der Waals surface area contributed by atoms with Crippen molar-refractivity contribution < 1.29 is 19.1 Å². The lowest BCUT2D eigenvalue weighted by atomic mass is 10.1. The number of para-hydroxylation sites is 2. The molecule has 0 amide bonds. The molecule has 0 saturated carbocycles. The molecule has 0 spiro atoms. The van der Waals surface area contributed by atoms with Crippen LogP contribution in [0.3, 0.4) is 0 Å². The summed E-state index contributed by atoms with van der Waals surface area (Å²) in [5, 5.41) is 9.76. The molecule has 0 fully saturated rings. The van der Waals surface area contributed by atoms with Crippen molar-refractivity contribution >= 4 is 17.1 Å². The van der Waals surface area contributed by atoms with Gasteiger partial charge in [-0.25, -0.2) is 9.59 Å². The minimum Gasteiger partial charge on any atom is -0.507 e. The number of phenolic OH excluding ortho intramolecular Hbond substituents is 1. The Morgan fingerprint density at radius 1 is 1.25 bits per heavy atom. The van der Waals surface area contributed by atoms with Crippen LogP contribution in [-0.4, -0.2) is 22.2 Å². The summed E-state index contributed by atoms with van der Waals surface area (Å²) in [4.78, 5) is 23.8. The summed E-state index contributed by atoms with van der Waals surface area (Å²) in [5.74, 6) is -1.12. The molecule has 1 heterocycles. The van der Waals surface area contributed by atoms with Crippen molar-refractivity contribution in [1.29, 1.82) is 0 Å². The number of hydrogen-bond donors (Lipinski definition) is 1. The summed E-state index contributed by atoms with van der Waals surface area (Å²) in [5.41, 5.74) is 2.23. The fraction of sp³-hybridized carbons (Fsp3) is 0.222. The van der Waals surface area contributed by atoms with E-state index in [-0.39, 0.29) is 17.9 Å². The van der Waals surface area contributed by atoms with E-state index in [1.807, 2.05) is 13.0 Å². The Balaban J connectivity index is 1.59. The van der Waals surface area contributed by atoms with Gasteiger partial charge < -0.3 is 14.3 Å². The van der Waals surface area contributed by atoms with Crippen LogP contribution >= 0.6 is 0 Å². The number of aromatic hydroxyl groups is 1. The fourth-order valence-corrected chi connectivity index (χ4v) is 2.51. The number of rotatable bonds is 5. The SMILES string of the molecule is Cc1ccc(C(=O)OCCCn2c(=O)oc3ccccc32)c(O)c1. The number of oxazole rings is 1. The molecule has 0 unspecified atom stereocenters. The zero-order chi connectivity index (χ0) is 17.1. The van der Waals surface area contributed by atoms with Crippen LogP contribution in [0.15, 0.2) is 51.7 Å². The number of phenols is 1. The van der Waals surface area contributed by atoms with Gasteiger partial charge in [0.15, 0.2) is 5.58 Å². The average molecular weight is 327 g/mol. The third-order valence-electron chi connectivity index (χ3n) is 3.71. The number of nitrogens with zero attached hydrogens (tertiary/aromatic N) is 1. The first kappa shape index (κ1) is 15.9. The van der Waals surface area contributed by atoms with Crippen molar-refractivity contribution in [2.75, 3.05) is 6.61 Å². The van der Waals surface area contributed by atoms with E-state index < -0.39 is 11.7 Å². The molecule has 0 aliphatic rings. The Bertz CT molecular complexity index is 938. The standard InChI is InChI=1S/C18H17NO5/c1-12-7-8-13(15(20)11-12)17(21)23-10-4-9-19-14-5-2-3-6-16(14)24-18(19)22/h2-3,5-8,11,20H,4,9-10H2,1H3. The third-order valence-corrected chi connectivity index (χ3v) is 3.71. The van der Waals surface area contributed by atoms with Gasteiger partial charge in [-0.2, -0.15) is 0 Å². The van der Waals surface area contributed by atoms with Crippen LogP contribution in [0.4, 0.5) is 0 Å². The van der Waals surface area contributed by atoms with Crippen molar-refractivity contribution in [3.8, 4) is 5.75 Å². The summed E-state index contributed by atoms with van der Waals surface area (Å²) in [6.45, 7) is 2.34. The molecule has 0 aliphatic heterocycles. The van der Waals surface area contributed by atoms with Crippen LogP contribution in [0.1, 0.15) is 22.3 Å². The van der Waals surface area contributed by atoms with Crippen LogP contribution in [0.5, 0.6) is 5.75 Å². The number of aryl methyl sites for hydroxylation is 2. The molecule has 6 heteroatoms. The van der Waals surface area contributed by atoms with Gasteiger partial charge in [-0.1, -0.05) is 18.2 Å². The third kappa shape index (κ3) is 3.17. The Morgan fingerprint density at radius 2 is 2.04 bits per heavy atom. The summed E-state index contributed by atoms with van der Waals surface area (Å²) < 4.78 is 11.8. The van der Waals surface area contributed by atoms with Gasteiger partial charge in [0.2, 0.25) is 0 Å². The molecule has 1 N–H and O–H groups in total. The maximum atomic E-state index is 11.9. The molecule has 1 aromatic heterocycles. The highest BCUT2D eigenvalue weighted by Crippen LogP contribution is 2.19. The van der Waals surface area contributed by atoms with Gasteiger partial charge in [-0.05, 0) is 43.2 Å². The van der Waals surface area contributed by atoms with Gasteiger partial charge in [0.05, 0.1) is 12.1 Å². The van der Waals surface area contributed by atoms with Crippen molar-refractivity contribution in [3.05, 3.63) is 64.1 Å². The number of fused-ring (bicyclic) bond motifs is 1. The molecular formula is C18H17NO5. The molecule has 0 atom stereocenters. The van der Waals surface area contributed by atoms with Crippen LogP contribution < -0.4 is 5.76 Å². The number of benzene rings is 2. The van der Waals surface area contributed by atoms with Gasteiger partial charge in [0.1, 0.15) is 11.3 Å². The second-order valence-corrected chi connectivity index (χ2v) is 5.50. The monoisotopic (exact) mass is 327 g/mol. The number of carbonyl (C=O) groups excluding carboxylic acids is 1. The Hall–Kier alpha value is -3.02. The normalized spacial score (nSPS) is 10.9. The number of hydrogen-bond acceptors (Lipinski definition) is 5. The predicted octanol–water partition coefficient (Wildman–Crippen LogP) is 2.86. The summed E-state index contributed by atoms with van der Waals surface area (Å²) >= 11 is 0. The highest BCUT2D eigenvalue weighted by molar-refractivity contribution is 5.92. The van der Waals surface area contributed by atoms with Gasteiger partial charge in [0, 0.05) is 6.54 Å². The Kier molecular flexibility index (Phi) is 4.37. The molecule has 24 heavy (non-hydrogen) atoms. The van der Waals surface area contributed by atoms with Crippen molar-refractivity contribution in [3.63, 3.8) is 0 Å². The molecule has 6 nitrogen and oxygen atoms in total. The zero-order valence-electron chi connectivity index (χ0n) is 13.2. The maximum Gasteiger partial charge on any atom is 0.419 e. The van der Waals surface area contributed by atoms with Crippen LogP contribution in [-0.2, 0) is 11.3 Å². The molecule has 3 rings (SSSR count). The van der Waals surface area contributed by atoms with Crippen LogP contribution in [0.25, 0.3) is 11.1 Å². The summed E-state index contributed by atoms with van der Waals surface area (Å²) in [7, 11) is 0. The van der Waals surface area contributed by atoms with Gasteiger partial charge in [-0.15, -0.1) is 0 Å². The maximum absolute atomic E-state index is 11.9. The van der Waals surface area contributed by atoms with Crippen molar-refractivity contribution in [2.45, 2.75) is 19.9 Å². The quantitative estimate of drug-likeness (QED) is 0.575. The molecule has 0 bridgehead atoms. The van der Waals surface area contributed by atoms with Crippen LogP contribution in [0.2, 0.25) is 0 Å². The fourth-order valence-electron chi connectivity index (χ4n) is 2.51. The predicted molar refractivity (Wildman–Crippen MR) is 88.2 cm³/mol. The molecule has 124 valence electrons. The molecule has 0 radical (unpaired) electrons. The lowest BCUT2D eigenvalue weighted by molar-refractivity contribution is 0.0492. The second-order valence-electron chi connectivity index (χ2n) is 5.50. The van der Waals surface area contributed by atoms with Crippen molar-refractivity contribution in [2.24, 2.45) is 0 Å². The molecule has 0 saturated heterocycles. The Morgan fingerprint density at radius 3 is 2.83 bits per heavy atom. The van der Waals surface area contributed by atoms with E-state index in [4.69, 9.17) is 9.15 Å². The van der Waals surface area contributed by atoms with E-state index in [0.29, 0.717) is 24.1 Å². The van der Waals surface area contributed by atoms with E-state index in [2.05, 4.69) is 0 Å². The number of ether oxygens (including phenoxy) is 1. The second kappa shape index (κ2) is 6.62. The number of carbonyl (C=O) groups is 1. The highest BCUT2D eigenvalue weighted by atomic mass is 16.5. The van der Waals surface area contributed by atoms with E-state index >= 15 is 0 Å². The first-order valence-corrected chi connectivity index (χ1v) is 7.61.